The molecule has 1 aromatic heterocycles. The van der Waals surface area contributed by atoms with Crippen LogP contribution in [0.2, 0.25) is 0 Å². The second kappa shape index (κ2) is 7.92. The summed E-state index contributed by atoms with van der Waals surface area (Å²) >= 11 is 1.64. The Morgan fingerprint density at radius 1 is 1.08 bits per heavy atom. The molecule has 0 fully saturated rings. The zero-order valence-electron chi connectivity index (χ0n) is 14.5. The summed E-state index contributed by atoms with van der Waals surface area (Å²) in [6, 6.07) is 12.6. The van der Waals surface area contributed by atoms with Crippen LogP contribution in [-0.4, -0.2) is 36.6 Å². The Hall–Kier alpha value is -3.00. The van der Waals surface area contributed by atoms with Crippen LogP contribution in [0.25, 0.3) is 11.5 Å². The van der Waals surface area contributed by atoms with Crippen molar-refractivity contribution < 1.29 is 18.7 Å². The molecule has 1 heterocycles. The van der Waals surface area contributed by atoms with Crippen LogP contribution in [0.15, 0.2) is 51.8 Å². The van der Waals surface area contributed by atoms with Crippen LogP contribution in [0.5, 0.6) is 11.5 Å². The minimum Gasteiger partial charge on any atom is -0.497 e. The van der Waals surface area contributed by atoms with Crippen LogP contribution in [0.1, 0.15) is 10.4 Å². The molecule has 8 heteroatoms. The fraction of sp³-hybridized carbons (Fsp3) is 0.167. The summed E-state index contributed by atoms with van der Waals surface area (Å²) in [5, 5.41) is 10.4. The van der Waals surface area contributed by atoms with Crippen molar-refractivity contribution in [2.24, 2.45) is 0 Å². The molecule has 3 rings (SSSR count). The number of hydrogen-bond acceptors (Lipinski definition) is 7. The Balaban J connectivity index is 1.79. The van der Waals surface area contributed by atoms with Gasteiger partial charge in [-0.2, -0.15) is 0 Å². The molecule has 0 aliphatic heterocycles. The molecule has 134 valence electrons. The van der Waals surface area contributed by atoms with Crippen LogP contribution in [-0.2, 0) is 0 Å². The van der Waals surface area contributed by atoms with Gasteiger partial charge in [-0.1, -0.05) is 5.10 Å². The summed E-state index contributed by atoms with van der Waals surface area (Å²) in [5.41, 5.74) is 1.07. The molecule has 1 amide bonds. The zero-order chi connectivity index (χ0) is 18.5. The van der Waals surface area contributed by atoms with E-state index in [-0.39, 0.29) is 6.01 Å². The molecule has 0 saturated heterocycles. The Bertz CT molecular complexity index is 909. The van der Waals surface area contributed by atoms with E-state index in [1.165, 1.54) is 14.2 Å². The van der Waals surface area contributed by atoms with Crippen molar-refractivity contribution in [3.8, 4) is 23.0 Å². The highest BCUT2D eigenvalue weighted by atomic mass is 32.2. The Kier molecular flexibility index (Phi) is 5.43. The van der Waals surface area contributed by atoms with Crippen molar-refractivity contribution in [2.45, 2.75) is 4.90 Å². The number of hydrogen-bond donors (Lipinski definition) is 1. The van der Waals surface area contributed by atoms with E-state index in [1.54, 1.807) is 30.0 Å². The number of carbonyl (C=O) groups excluding carboxylic acids is 1. The largest absolute Gasteiger partial charge is 0.497 e. The minimum absolute atomic E-state index is 0.00353. The summed E-state index contributed by atoms with van der Waals surface area (Å²) < 4.78 is 15.9. The third kappa shape index (κ3) is 3.80. The van der Waals surface area contributed by atoms with Crippen molar-refractivity contribution >= 4 is 23.7 Å². The predicted molar refractivity (Wildman–Crippen MR) is 99.0 cm³/mol. The fourth-order valence-corrected chi connectivity index (χ4v) is 2.69. The van der Waals surface area contributed by atoms with E-state index >= 15 is 0 Å². The maximum Gasteiger partial charge on any atom is 0.322 e. The molecule has 0 spiro atoms. The number of ether oxygens (including phenoxy) is 2. The van der Waals surface area contributed by atoms with E-state index in [2.05, 4.69) is 15.5 Å². The maximum atomic E-state index is 12.5. The van der Waals surface area contributed by atoms with Gasteiger partial charge in [0, 0.05) is 10.5 Å². The molecular formula is C18H17N3O4S. The van der Waals surface area contributed by atoms with Gasteiger partial charge >= 0.3 is 6.01 Å². The number of amides is 1. The van der Waals surface area contributed by atoms with Gasteiger partial charge in [0.1, 0.15) is 11.5 Å². The molecular weight excluding hydrogens is 354 g/mol. The number of anilines is 1. The zero-order valence-corrected chi connectivity index (χ0v) is 15.3. The summed E-state index contributed by atoms with van der Waals surface area (Å²) in [6.45, 7) is 0. The fourth-order valence-electron chi connectivity index (χ4n) is 2.28. The highest BCUT2D eigenvalue weighted by Gasteiger charge is 2.17. The highest BCUT2D eigenvalue weighted by Crippen LogP contribution is 2.26. The molecule has 7 nitrogen and oxygen atoms in total. The normalized spacial score (nSPS) is 10.4. The van der Waals surface area contributed by atoms with Gasteiger partial charge in [-0.25, -0.2) is 0 Å². The second-order valence-electron chi connectivity index (χ2n) is 5.16. The third-order valence-corrected chi connectivity index (χ3v) is 4.38. The van der Waals surface area contributed by atoms with Crippen molar-refractivity contribution in [3.63, 3.8) is 0 Å². The quantitative estimate of drug-likeness (QED) is 0.661. The number of benzene rings is 2. The molecule has 1 N–H and O–H groups in total. The smallest absolute Gasteiger partial charge is 0.322 e. The first-order valence-corrected chi connectivity index (χ1v) is 8.88. The van der Waals surface area contributed by atoms with Gasteiger partial charge in [0.05, 0.1) is 19.8 Å². The molecule has 0 saturated carbocycles. The van der Waals surface area contributed by atoms with Gasteiger partial charge in [0.2, 0.25) is 5.89 Å². The number of rotatable bonds is 6. The van der Waals surface area contributed by atoms with Crippen LogP contribution >= 0.6 is 11.8 Å². The summed E-state index contributed by atoms with van der Waals surface area (Å²) in [4.78, 5) is 13.6. The standard InChI is InChI=1S/C18H17N3O4S/c1-23-12-6-9-15(24-2)14(10-12)16(22)19-18-21-20-17(25-18)11-4-7-13(26-3)8-5-11/h4-10H,1-3H3,(H,19,21,22). The first-order valence-electron chi connectivity index (χ1n) is 7.66. The Labute approximate surface area is 154 Å². The van der Waals surface area contributed by atoms with E-state index in [0.717, 1.165) is 10.5 Å². The van der Waals surface area contributed by atoms with Crippen LogP contribution in [0, 0.1) is 0 Å². The number of carbonyl (C=O) groups is 1. The molecule has 0 aliphatic rings. The van der Waals surface area contributed by atoms with Crippen LogP contribution in [0.3, 0.4) is 0 Å². The lowest BCUT2D eigenvalue weighted by Crippen LogP contribution is -2.13. The van der Waals surface area contributed by atoms with Crippen molar-refractivity contribution in [1.82, 2.24) is 10.2 Å². The molecule has 0 bridgehead atoms. The maximum absolute atomic E-state index is 12.5. The summed E-state index contributed by atoms with van der Waals surface area (Å²) in [6.07, 6.45) is 2.00. The number of methoxy groups -OCH3 is 2. The summed E-state index contributed by atoms with van der Waals surface area (Å²) in [5.74, 6) is 0.839. The molecule has 0 unspecified atom stereocenters. The Morgan fingerprint density at radius 3 is 2.50 bits per heavy atom. The number of nitrogens with one attached hydrogen (secondary N) is 1. The first-order chi connectivity index (χ1) is 12.6. The highest BCUT2D eigenvalue weighted by molar-refractivity contribution is 7.98. The van der Waals surface area contributed by atoms with E-state index in [1.807, 2.05) is 30.5 Å². The predicted octanol–water partition coefficient (Wildman–Crippen LogP) is 3.73. The molecule has 3 aromatic rings. The lowest BCUT2D eigenvalue weighted by atomic mass is 10.1. The monoisotopic (exact) mass is 371 g/mol. The molecule has 2 aromatic carbocycles. The van der Waals surface area contributed by atoms with E-state index < -0.39 is 5.91 Å². The van der Waals surface area contributed by atoms with Crippen molar-refractivity contribution in [2.75, 3.05) is 25.8 Å². The molecule has 26 heavy (non-hydrogen) atoms. The van der Waals surface area contributed by atoms with Gasteiger partial charge in [0.25, 0.3) is 5.91 Å². The molecule has 0 radical (unpaired) electrons. The minimum atomic E-state index is -0.436. The van der Waals surface area contributed by atoms with E-state index in [0.29, 0.717) is 23.0 Å². The topological polar surface area (TPSA) is 86.5 Å². The van der Waals surface area contributed by atoms with Gasteiger partial charge in [-0.15, -0.1) is 16.9 Å². The number of nitrogens with zero attached hydrogens (tertiary/aromatic N) is 2. The molecule has 0 aliphatic carbocycles. The average molecular weight is 371 g/mol. The van der Waals surface area contributed by atoms with Gasteiger partial charge in [-0.05, 0) is 48.7 Å². The number of thioether (sulfide) groups is 1. The van der Waals surface area contributed by atoms with Crippen LogP contribution < -0.4 is 14.8 Å². The van der Waals surface area contributed by atoms with Crippen molar-refractivity contribution in [1.29, 1.82) is 0 Å². The van der Waals surface area contributed by atoms with Crippen LogP contribution in [0.4, 0.5) is 6.01 Å². The average Bonchev–Trinajstić information content (AvgIpc) is 3.15. The van der Waals surface area contributed by atoms with Gasteiger partial charge in [0.15, 0.2) is 0 Å². The van der Waals surface area contributed by atoms with Gasteiger partial charge in [-0.3, -0.25) is 10.1 Å². The lowest BCUT2D eigenvalue weighted by molar-refractivity contribution is 0.102. The van der Waals surface area contributed by atoms with Crippen molar-refractivity contribution in [3.05, 3.63) is 48.0 Å². The molecule has 0 atom stereocenters. The second-order valence-corrected chi connectivity index (χ2v) is 6.04. The number of aromatic nitrogens is 2. The van der Waals surface area contributed by atoms with E-state index in [4.69, 9.17) is 13.9 Å². The van der Waals surface area contributed by atoms with E-state index in [9.17, 15) is 4.79 Å². The SMILES string of the molecule is COc1ccc(OC)c(C(=O)Nc2nnc(-c3ccc(SC)cc3)o2)c1. The van der Waals surface area contributed by atoms with Gasteiger partial charge < -0.3 is 13.9 Å². The third-order valence-electron chi connectivity index (χ3n) is 3.63. The first kappa shape index (κ1) is 17.8. The Morgan fingerprint density at radius 2 is 1.85 bits per heavy atom. The lowest BCUT2D eigenvalue weighted by Gasteiger charge is -2.09. The summed E-state index contributed by atoms with van der Waals surface area (Å²) in [7, 11) is 3.01.